The van der Waals surface area contributed by atoms with Gasteiger partial charge in [-0.1, -0.05) is 36.6 Å². The largest absolute Gasteiger partial charge is 0.351 e. The van der Waals surface area contributed by atoms with Crippen LogP contribution in [0.4, 0.5) is 0 Å². The van der Waals surface area contributed by atoms with E-state index in [4.69, 9.17) is 11.6 Å². The summed E-state index contributed by atoms with van der Waals surface area (Å²) in [7, 11) is -3.28. The number of sulfonamides is 1. The van der Waals surface area contributed by atoms with Gasteiger partial charge in [-0.15, -0.1) is 11.8 Å². The van der Waals surface area contributed by atoms with E-state index < -0.39 is 10.0 Å². The molecule has 1 aliphatic carbocycles. The van der Waals surface area contributed by atoms with Crippen LogP contribution in [0, 0.1) is 0 Å². The SMILES string of the molecule is CS(=O)(=O)N[C@H]1CCCC[C@H]1NC(=O)CSc1ccccc1Cl. The average Bonchev–Trinajstić information content (AvgIpc) is 2.47. The Labute approximate surface area is 146 Å². The minimum atomic E-state index is -3.28. The Morgan fingerprint density at radius 2 is 1.91 bits per heavy atom. The first kappa shape index (κ1) is 18.6. The van der Waals surface area contributed by atoms with Crippen LogP contribution < -0.4 is 10.0 Å². The van der Waals surface area contributed by atoms with Gasteiger partial charge < -0.3 is 5.32 Å². The van der Waals surface area contributed by atoms with E-state index >= 15 is 0 Å². The van der Waals surface area contributed by atoms with E-state index in [1.165, 1.54) is 11.8 Å². The van der Waals surface area contributed by atoms with Crippen molar-refractivity contribution in [2.45, 2.75) is 42.7 Å². The van der Waals surface area contributed by atoms with Crippen LogP contribution in [0.3, 0.4) is 0 Å². The van der Waals surface area contributed by atoms with Crippen LogP contribution in [-0.2, 0) is 14.8 Å². The van der Waals surface area contributed by atoms with Gasteiger partial charge in [0.2, 0.25) is 15.9 Å². The van der Waals surface area contributed by atoms with Gasteiger partial charge >= 0.3 is 0 Å². The summed E-state index contributed by atoms with van der Waals surface area (Å²) in [4.78, 5) is 13.0. The monoisotopic (exact) mass is 376 g/mol. The van der Waals surface area contributed by atoms with E-state index in [0.29, 0.717) is 5.02 Å². The minimum Gasteiger partial charge on any atom is -0.351 e. The zero-order valence-corrected chi connectivity index (χ0v) is 15.3. The third-order valence-corrected chi connectivity index (χ3v) is 5.92. The molecule has 128 valence electrons. The highest BCUT2D eigenvalue weighted by Gasteiger charge is 2.28. The molecule has 0 unspecified atom stereocenters. The molecule has 0 saturated heterocycles. The molecule has 2 atom stereocenters. The van der Waals surface area contributed by atoms with Crippen molar-refractivity contribution in [2.24, 2.45) is 0 Å². The number of thioether (sulfide) groups is 1. The van der Waals surface area contributed by atoms with Crippen LogP contribution in [0.2, 0.25) is 5.02 Å². The number of carbonyl (C=O) groups excluding carboxylic acids is 1. The third-order valence-electron chi connectivity index (χ3n) is 3.67. The fraction of sp³-hybridized carbons (Fsp3) is 0.533. The van der Waals surface area contributed by atoms with Crippen molar-refractivity contribution in [3.8, 4) is 0 Å². The summed E-state index contributed by atoms with van der Waals surface area (Å²) in [5.74, 6) is 0.147. The summed E-state index contributed by atoms with van der Waals surface area (Å²) in [6.07, 6.45) is 4.64. The average molecular weight is 377 g/mol. The van der Waals surface area contributed by atoms with Crippen LogP contribution >= 0.6 is 23.4 Å². The van der Waals surface area contributed by atoms with Gasteiger partial charge in [0.25, 0.3) is 0 Å². The maximum Gasteiger partial charge on any atom is 0.230 e. The van der Waals surface area contributed by atoms with Crippen molar-refractivity contribution in [2.75, 3.05) is 12.0 Å². The van der Waals surface area contributed by atoms with Gasteiger partial charge in [0.1, 0.15) is 0 Å². The smallest absolute Gasteiger partial charge is 0.230 e. The van der Waals surface area contributed by atoms with Crippen LogP contribution in [-0.4, -0.2) is 38.4 Å². The molecule has 2 N–H and O–H groups in total. The van der Waals surface area contributed by atoms with E-state index in [9.17, 15) is 13.2 Å². The number of halogens is 1. The highest BCUT2D eigenvalue weighted by molar-refractivity contribution is 8.00. The van der Waals surface area contributed by atoms with Crippen molar-refractivity contribution in [1.29, 1.82) is 0 Å². The second-order valence-electron chi connectivity index (χ2n) is 5.67. The first-order valence-corrected chi connectivity index (χ1v) is 10.7. The molecule has 1 aliphatic rings. The standard InChI is InChI=1S/C15H21ClN2O3S2/c1-23(20,21)18-13-8-4-3-7-12(13)17-15(19)10-22-14-9-5-2-6-11(14)16/h2,5-6,9,12-13,18H,3-4,7-8,10H2,1H3,(H,17,19)/t12-,13+/m1/s1. The fourth-order valence-corrected chi connectivity index (χ4v) is 4.56. The Morgan fingerprint density at radius 3 is 2.57 bits per heavy atom. The van der Waals surface area contributed by atoms with E-state index in [1.807, 2.05) is 18.2 Å². The molecule has 0 bridgehead atoms. The quantitative estimate of drug-likeness (QED) is 0.747. The molecule has 5 nitrogen and oxygen atoms in total. The van der Waals surface area contributed by atoms with Crippen LogP contribution in [0.5, 0.6) is 0 Å². The van der Waals surface area contributed by atoms with Crippen molar-refractivity contribution in [3.05, 3.63) is 29.3 Å². The van der Waals surface area contributed by atoms with E-state index in [1.54, 1.807) is 6.07 Å². The Balaban J connectivity index is 1.88. The van der Waals surface area contributed by atoms with Crippen LogP contribution in [0.15, 0.2) is 29.2 Å². The lowest BCUT2D eigenvalue weighted by molar-refractivity contribution is -0.119. The van der Waals surface area contributed by atoms with Crippen molar-refractivity contribution in [3.63, 3.8) is 0 Å². The maximum atomic E-state index is 12.2. The summed E-state index contributed by atoms with van der Waals surface area (Å²) >= 11 is 7.44. The normalized spacial score (nSPS) is 21.8. The molecular weight excluding hydrogens is 356 g/mol. The van der Waals surface area contributed by atoms with Crippen molar-refractivity contribution >= 4 is 39.3 Å². The van der Waals surface area contributed by atoms with E-state index in [-0.39, 0.29) is 23.7 Å². The molecule has 1 aromatic rings. The highest BCUT2D eigenvalue weighted by Crippen LogP contribution is 2.26. The summed E-state index contributed by atoms with van der Waals surface area (Å²) < 4.78 is 25.5. The topological polar surface area (TPSA) is 75.3 Å². The number of benzene rings is 1. The second kappa shape index (κ2) is 8.37. The number of nitrogens with one attached hydrogen (secondary N) is 2. The lowest BCUT2D eigenvalue weighted by Crippen LogP contribution is -2.53. The summed E-state index contributed by atoms with van der Waals surface area (Å²) in [6.45, 7) is 0. The molecule has 0 radical (unpaired) electrons. The number of hydrogen-bond acceptors (Lipinski definition) is 4. The summed E-state index contributed by atoms with van der Waals surface area (Å²) in [6, 6.07) is 6.99. The van der Waals surface area contributed by atoms with Gasteiger partial charge in [-0.2, -0.15) is 0 Å². The van der Waals surface area contributed by atoms with Gasteiger partial charge in [0, 0.05) is 17.0 Å². The van der Waals surface area contributed by atoms with E-state index in [0.717, 1.165) is 36.8 Å². The van der Waals surface area contributed by atoms with Crippen LogP contribution in [0.25, 0.3) is 0 Å². The van der Waals surface area contributed by atoms with Gasteiger partial charge in [-0.25, -0.2) is 13.1 Å². The Hall–Kier alpha value is -0.760. The number of amides is 1. The molecule has 2 rings (SSSR count). The Morgan fingerprint density at radius 1 is 1.26 bits per heavy atom. The predicted molar refractivity (Wildman–Crippen MR) is 94.3 cm³/mol. The van der Waals surface area contributed by atoms with Crippen LogP contribution in [0.1, 0.15) is 25.7 Å². The number of hydrogen-bond donors (Lipinski definition) is 2. The third kappa shape index (κ3) is 6.33. The van der Waals surface area contributed by atoms with Gasteiger partial charge in [0.05, 0.1) is 17.0 Å². The zero-order chi connectivity index (χ0) is 16.9. The van der Waals surface area contributed by atoms with Gasteiger partial charge in [-0.05, 0) is 25.0 Å². The molecule has 0 aliphatic heterocycles. The molecule has 8 heteroatoms. The second-order valence-corrected chi connectivity index (χ2v) is 8.88. The number of carbonyl (C=O) groups is 1. The predicted octanol–water partition coefficient (Wildman–Crippen LogP) is 2.41. The van der Waals surface area contributed by atoms with Gasteiger partial charge in [0.15, 0.2) is 0 Å². The minimum absolute atomic E-state index is 0.109. The maximum absolute atomic E-state index is 12.2. The van der Waals surface area contributed by atoms with E-state index in [2.05, 4.69) is 10.0 Å². The van der Waals surface area contributed by atoms with Crippen molar-refractivity contribution in [1.82, 2.24) is 10.0 Å². The Kier molecular flexibility index (Phi) is 6.76. The molecule has 0 heterocycles. The Bertz CT molecular complexity index is 652. The molecule has 23 heavy (non-hydrogen) atoms. The molecule has 1 amide bonds. The molecule has 0 spiro atoms. The molecule has 1 fully saturated rings. The molecular formula is C15H21ClN2O3S2. The molecule has 1 saturated carbocycles. The first-order chi connectivity index (χ1) is 10.8. The summed E-state index contributed by atoms with van der Waals surface area (Å²) in [5, 5.41) is 3.58. The fourth-order valence-electron chi connectivity index (χ4n) is 2.67. The van der Waals surface area contributed by atoms with Gasteiger partial charge in [-0.3, -0.25) is 4.79 Å². The first-order valence-electron chi connectivity index (χ1n) is 7.49. The number of rotatable bonds is 6. The lowest BCUT2D eigenvalue weighted by Gasteiger charge is -2.32. The zero-order valence-electron chi connectivity index (χ0n) is 12.9. The highest BCUT2D eigenvalue weighted by atomic mass is 35.5. The summed E-state index contributed by atoms with van der Waals surface area (Å²) in [5.41, 5.74) is 0. The van der Waals surface area contributed by atoms with Crippen molar-refractivity contribution < 1.29 is 13.2 Å². The molecule has 0 aromatic heterocycles. The lowest BCUT2D eigenvalue weighted by atomic mass is 9.91. The molecule has 1 aromatic carbocycles.